The summed E-state index contributed by atoms with van der Waals surface area (Å²) in [6.45, 7) is 0. The summed E-state index contributed by atoms with van der Waals surface area (Å²) in [7, 11) is 0. The summed E-state index contributed by atoms with van der Waals surface area (Å²) in [6, 6.07) is 20.2. The van der Waals surface area contributed by atoms with Gasteiger partial charge in [-0.2, -0.15) is 0 Å². The highest BCUT2D eigenvalue weighted by Gasteiger charge is 2.16. The van der Waals surface area contributed by atoms with Crippen LogP contribution in [0.15, 0.2) is 72.8 Å². The van der Waals surface area contributed by atoms with Crippen molar-refractivity contribution in [3.05, 3.63) is 93.5 Å². The van der Waals surface area contributed by atoms with E-state index in [1.807, 2.05) is 36.4 Å². The van der Waals surface area contributed by atoms with Crippen LogP contribution >= 0.6 is 23.8 Å². The Bertz CT molecular complexity index is 1410. The van der Waals surface area contributed by atoms with Crippen molar-refractivity contribution < 1.29 is 14.8 Å². The zero-order valence-electron chi connectivity index (χ0n) is 16.7. The molecule has 4 aromatic rings. The molecule has 0 aliphatic rings. The Kier molecular flexibility index (Phi) is 6.16. The minimum absolute atomic E-state index is 0.212. The van der Waals surface area contributed by atoms with Crippen LogP contribution in [0.5, 0.6) is 5.75 Å². The number of pyridine rings is 1. The smallest absolute Gasteiger partial charge is 0.272 e. The lowest BCUT2D eigenvalue weighted by atomic mass is 10.0. The van der Waals surface area contributed by atoms with E-state index in [0.717, 1.165) is 17.7 Å². The molecule has 0 saturated heterocycles. The maximum Gasteiger partial charge on any atom is 0.272 e. The van der Waals surface area contributed by atoms with E-state index in [1.165, 1.54) is 0 Å². The average Bonchev–Trinajstić information content (AvgIpc) is 2.81. The Morgan fingerprint density at radius 3 is 2.45 bits per heavy atom. The van der Waals surface area contributed by atoms with Gasteiger partial charge in [0.2, 0.25) is 0 Å². The third-order valence-corrected chi connectivity index (χ3v) is 5.23. The SMILES string of the molecule is O=C(NC(=S)Nc1cc([N+](=O)[O-])cc(Cl)c1[O-])c1cc(-c2ccccc2)nc2ccccc12. The number of hydrogen-bond donors (Lipinski definition) is 2. The summed E-state index contributed by atoms with van der Waals surface area (Å²) < 4.78 is 0. The molecule has 0 radical (unpaired) electrons. The van der Waals surface area contributed by atoms with Gasteiger partial charge in [0.05, 0.1) is 21.7 Å². The fourth-order valence-electron chi connectivity index (χ4n) is 3.22. The molecular weight excluding hydrogens is 464 g/mol. The number of halogens is 1. The van der Waals surface area contributed by atoms with Crippen LogP contribution in [-0.4, -0.2) is 20.9 Å². The lowest BCUT2D eigenvalue weighted by Crippen LogP contribution is -2.34. The van der Waals surface area contributed by atoms with Gasteiger partial charge in [-0.1, -0.05) is 65.9 Å². The molecule has 0 bridgehead atoms. The molecule has 1 aromatic heterocycles. The van der Waals surface area contributed by atoms with E-state index in [-0.39, 0.29) is 21.5 Å². The molecule has 0 atom stereocenters. The van der Waals surface area contributed by atoms with Crippen LogP contribution in [0.25, 0.3) is 22.2 Å². The second-order valence-corrected chi connectivity index (χ2v) is 7.72. The Balaban J connectivity index is 1.64. The van der Waals surface area contributed by atoms with Crippen LogP contribution in [0.1, 0.15) is 10.4 Å². The Labute approximate surface area is 198 Å². The van der Waals surface area contributed by atoms with Gasteiger partial charge in [-0.05, 0) is 24.4 Å². The van der Waals surface area contributed by atoms with Gasteiger partial charge < -0.3 is 10.4 Å². The fraction of sp³-hybridized carbons (Fsp3) is 0. The van der Waals surface area contributed by atoms with Crippen molar-refractivity contribution in [2.45, 2.75) is 0 Å². The molecule has 1 heterocycles. The number of non-ortho nitro benzene ring substituents is 1. The van der Waals surface area contributed by atoms with E-state index < -0.39 is 16.6 Å². The topological polar surface area (TPSA) is 120 Å². The number of thiocarbonyl (C=S) groups is 1. The average molecular weight is 478 g/mol. The Morgan fingerprint density at radius 2 is 1.73 bits per heavy atom. The van der Waals surface area contributed by atoms with Crippen molar-refractivity contribution in [2.75, 3.05) is 5.32 Å². The minimum Gasteiger partial charge on any atom is -0.870 e. The molecule has 1 amide bonds. The number of amides is 1. The summed E-state index contributed by atoms with van der Waals surface area (Å²) in [6.07, 6.45) is 0. The maximum atomic E-state index is 13.1. The van der Waals surface area contributed by atoms with E-state index in [0.29, 0.717) is 22.2 Å². The summed E-state index contributed by atoms with van der Waals surface area (Å²) in [5.41, 5.74) is 1.78. The highest BCUT2D eigenvalue weighted by Crippen LogP contribution is 2.34. The van der Waals surface area contributed by atoms with Gasteiger partial charge in [0, 0.05) is 33.8 Å². The normalized spacial score (nSPS) is 10.6. The first-order chi connectivity index (χ1) is 15.8. The largest absolute Gasteiger partial charge is 0.870 e. The molecule has 0 aliphatic heterocycles. The monoisotopic (exact) mass is 477 g/mol. The van der Waals surface area contributed by atoms with Crippen LogP contribution < -0.4 is 15.7 Å². The van der Waals surface area contributed by atoms with Crippen molar-refractivity contribution in [1.82, 2.24) is 10.3 Å². The number of anilines is 1. The molecule has 2 N–H and O–H groups in total. The second-order valence-electron chi connectivity index (χ2n) is 6.91. The van der Waals surface area contributed by atoms with E-state index in [9.17, 15) is 20.0 Å². The second kappa shape index (κ2) is 9.19. The van der Waals surface area contributed by atoms with Crippen LogP contribution in [-0.2, 0) is 0 Å². The summed E-state index contributed by atoms with van der Waals surface area (Å²) in [4.78, 5) is 28.1. The summed E-state index contributed by atoms with van der Waals surface area (Å²) >= 11 is 11.0. The number of nitrogens with zero attached hydrogens (tertiary/aromatic N) is 2. The van der Waals surface area contributed by atoms with Gasteiger partial charge in [-0.3, -0.25) is 20.2 Å². The van der Waals surface area contributed by atoms with Crippen molar-refractivity contribution >= 4 is 57.1 Å². The minimum atomic E-state index is -0.688. The molecule has 0 unspecified atom stereocenters. The molecule has 3 aromatic carbocycles. The first-order valence-electron chi connectivity index (χ1n) is 9.56. The van der Waals surface area contributed by atoms with Crippen molar-refractivity contribution in [1.29, 1.82) is 0 Å². The number of fused-ring (bicyclic) bond motifs is 1. The van der Waals surface area contributed by atoms with Crippen LogP contribution in [0.2, 0.25) is 5.02 Å². The Hall–Kier alpha value is -4.08. The van der Waals surface area contributed by atoms with E-state index >= 15 is 0 Å². The van der Waals surface area contributed by atoms with E-state index in [2.05, 4.69) is 15.6 Å². The predicted octanol–water partition coefficient (Wildman–Crippen LogP) is 4.66. The van der Waals surface area contributed by atoms with Crippen molar-refractivity contribution in [2.24, 2.45) is 0 Å². The lowest BCUT2D eigenvalue weighted by Gasteiger charge is -2.18. The number of hydrogen-bond acceptors (Lipinski definition) is 6. The van der Waals surface area contributed by atoms with Gasteiger partial charge >= 0.3 is 0 Å². The van der Waals surface area contributed by atoms with Gasteiger partial charge in [-0.25, -0.2) is 4.98 Å². The number of rotatable bonds is 4. The van der Waals surface area contributed by atoms with Crippen LogP contribution in [0.4, 0.5) is 11.4 Å². The molecular formula is C23H14ClN4O4S-. The molecule has 8 nitrogen and oxygen atoms in total. The molecule has 164 valence electrons. The molecule has 0 aliphatic carbocycles. The Morgan fingerprint density at radius 1 is 1.03 bits per heavy atom. The third kappa shape index (κ3) is 4.74. The zero-order chi connectivity index (χ0) is 23.5. The maximum absolute atomic E-state index is 13.1. The molecule has 0 saturated carbocycles. The van der Waals surface area contributed by atoms with E-state index in [1.54, 1.807) is 24.3 Å². The quantitative estimate of drug-likeness (QED) is 0.249. The molecule has 0 fully saturated rings. The summed E-state index contributed by atoms with van der Waals surface area (Å²) in [5.74, 6) is -1.22. The van der Waals surface area contributed by atoms with Gasteiger partial charge in [-0.15, -0.1) is 0 Å². The highest BCUT2D eigenvalue weighted by molar-refractivity contribution is 7.80. The molecule has 10 heteroatoms. The van der Waals surface area contributed by atoms with Gasteiger partial charge in [0.1, 0.15) is 0 Å². The first-order valence-corrected chi connectivity index (χ1v) is 10.3. The number of benzene rings is 3. The highest BCUT2D eigenvalue weighted by atomic mass is 35.5. The number of nitrogens with one attached hydrogen (secondary N) is 2. The van der Waals surface area contributed by atoms with E-state index in [4.69, 9.17) is 23.8 Å². The molecule has 0 spiro atoms. The predicted molar refractivity (Wildman–Crippen MR) is 128 cm³/mol. The number of aromatic nitrogens is 1. The first kappa shape index (κ1) is 22.1. The molecule has 4 rings (SSSR count). The number of carbonyl (C=O) groups excluding carboxylic acids is 1. The van der Waals surface area contributed by atoms with Crippen LogP contribution in [0.3, 0.4) is 0 Å². The van der Waals surface area contributed by atoms with Crippen molar-refractivity contribution in [3.8, 4) is 17.0 Å². The lowest BCUT2D eigenvalue weighted by molar-refractivity contribution is -0.385. The third-order valence-electron chi connectivity index (χ3n) is 4.74. The van der Waals surface area contributed by atoms with Gasteiger partial charge in [0.15, 0.2) is 5.11 Å². The fourth-order valence-corrected chi connectivity index (χ4v) is 3.64. The summed E-state index contributed by atoms with van der Waals surface area (Å²) in [5, 5.41) is 28.4. The number of carbonyl (C=O) groups is 1. The van der Waals surface area contributed by atoms with Crippen LogP contribution in [0, 0.1) is 10.1 Å². The number of nitro benzene ring substituents is 1. The number of nitro groups is 1. The van der Waals surface area contributed by atoms with Crippen molar-refractivity contribution in [3.63, 3.8) is 0 Å². The van der Waals surface area contributed by atoms with Gasteiger partial charge in [0.25, 0.3) is 11.6 Å². The zero-order valence-corrected chi connectivity index (χ0v) is 18.3. The number of para-hydroxylation sites is 1. The standard InChI is InChI=1S/C23H15ClN4O4S/c24-17-10-14(28(31)32)11-20(21(17)29)26-23(33)27-22(30)16-12-19(13-6-2-1-3-7-13)25-18-9-5-4-8-15(16)18/h1-12,29H,(H2,26,27,30,33)/p-1. The molecule has 33 heavy (non-hydrogen) atoms.